The molecular weight excluding hydrogens is 553 g/mol. The Morgan fingerprint density at radius 3 is 1.20 bits per heavy atom. The standard InChI is InChI=1S/C46H30/c1-2-13-33(14-3-1)39-16-6-7-17-40(39)35-25-22-32-24-27-37(30-38(32)29-35)46-43-20-10-8-18-41(43)45(42-19-9-11-21-44(42)46)36-26-23-31-12-4-5-15-34(31)28-36/h1-30H. The van der Waals surface area contributed by atoms with Crippen LogP contribution in [0, 0.1) is 0 Å². The third kappa shape index (κ3) is 4.38. The minimum absolute atomic E-state index is 1.23. The molecule has 9 aromatic rings. The van der Waals surface area contributed by atoms with Crippen molar-refractivity contribution in [2.24, 2.45) is 0 Å². The number of fused-ring (bicyclic) bond motifs is 4. The third-order valence-corrected chi connectivity index (χ3v) is 9.42. The Morgan fingerprint density at radius 2 is 0.609 bits per heavy atom. The van der Waals surface area contributed by atoms with Gasteiger partial charge in [-0.3, -0.25) is 0 Å². The molecular formula is C46H30. The normalized spacial score (nSPS) is 11.5. The minimum atomic E-state index is 1.23. The first-order valence-corrected chi connectivity index (χ1v) is 15.9. The lowest BCUT2D eigenvalue weighted by Crippen LogP contribution is -1.91. The largest absolute Gasteiger partial charge is 0.0622 e. The Hall–Kier alpha value is -5.98. The van der Waals surface area contributed by atoms with Crippen LogP contribution in [0.15, 0.2) is 182 Å². The second-order valence-corrected chi connectivity index (χ2v) is 12.1. The number of rotatable bonds is 4. The molecule has 0 heterocycles. The van der Waals surface area contributed by atoms with Crippen LogP contribution in [0.3, 0.4) is 0 Å². The summed E-state index contributed by atoms with van der Waals surface area (Å²) in [4.78, 5) is 0. The van der Waals surface area contributed by atoms with Crippen LogP contribution in [0.25, 0.3) is 87.6 Å². The molecule has 0 aliphatic rings. The van der Waals surface area contributed by atoms with Crippen LogP contribution < -0.4 is 0 Å². The lowest BCUT2D eigenvalue weighted by molar-refractivity contribution is 1.59. The molecule has 0 radical (unpaired) electrons. The van der Waals surface area contributed by atoms with Crippen LogP contribution in [0.2, 0.25) is 0 Å². The maximum absolute atomic E-state index is 2.38. The van der Waals surface area contributed by atoms with Crippen LogP contribution >= 0.6 is 0 Å². The quantitative estimate of drug-likeness (QED) is 0.181. The van der Waals surface area contributed by atoms with Crippen molar-refractivity contribution < 1.29 is 0 Å². The highest BCUT2D eigenvalue weighted by Crippen LogP contribution is 2.45. The number of hydrogen-bond acceptors (Lipinski definition) is 0. The van der Waals surface area contributed by atoms with Crippen LogP contribution in [0.4, 0.5) is 0 Å². The van der Waals surface area contributed by atoms with Gasteiger partial charge in [0, 0.05) is 0 Å². The number of benzene rings is 9. The van der Waals surface area contributed by atoms with E-state index in [-0.39, 0.29) is 0 Å². The highest BCUT2D eigenvalue weighted by Gasteiger charge is 2.17. The summed E-state index contributed by atoms with van der Waals surface area (Å²) in [5.41, 5.74) is 10.0. The van der Waals surface area contributed by atoms with Crippen molar-refractivity contribution in [3.8, 4) is 44.5 Å². The Kier molecular flexibility index (Phi) is 6.25. The minimum Gasteiger partial charge on any atom is -0.0622 e. The summed E-state index contributed by atoms with van der Waals surface area (Å²) in [6.07, 6.45) is 0. The molecule has 0 saturated heterocycles. The second kappa shape index (κ2) is 10.9. The van der Waals surface area contributed by atoms with Crippen LogP contribution in [0.1, 0.15) is 0 Å². The zero-order valence-electron chi connectivity index (χ0n) is 25.3. The Bertz CT molecular complexity index is 2520. The zero-order valence-corrected chi connectivity index (χ0v) is 25.3. The van der Waals surface area contributed by atoms with E-state index in [1.807, 2.05) is 0 Å². The molecule has 0 atom stereocenters. The van der Waals surface area contributed by atoms with Crippen LogP contribution in [0.5, 0.6) is 0 Å². The molecule has 46 heavy (non-hydrogen) atoms. The van der Waals surface area contributed by atoms with Gasteiger partial charge in [0.05, 0.1) is 0 Å². The van der Waals surface area contributed by atoms with Gasteiger partial charge >= 0.3 is 0 Å². The monoisotopic (exact) mass is 582 g/mol. The summed E-state index contributed by atoms with van der Waals surface area (Å²) >= 11 is 0. The van der Waals surface area contributed by atoms with Crippen molar-refractivity contribution >= 4 is 43.1 Å². The fraction of sp³-hybridized carbons (Fsp3) is 0. The predicted molar refractivity (Wildman–Crippen MR) is 198 cm³/mol. The van der Waals surface area contributed by atoms with Gasteiger partial charge in [-0.1, -0.05) is 164 Å². The Labute approximate surface area is 268 Å². The van der Waals surface area contributed by atoms with Gasteiger partial charge in [-0.15, -0.1) is 0 Å². The van der Waals surface area contributed by atoms with Gasteiger partial charge in [-0.25, -0.2) is 0 Å². The Balaban J connectivity index is 1.26. The zero-order chi connectivity index (χ0) is 30.5. The van der Waals surface area contributed by atoms with Gasteiger partial charge in [0.25, 0.3) is 0 Å². The summed E-state index contributed by atoms with van der Waals surface area (Å²) in [6.45, 7) is 0. The second-order valence-electron chi connectivity index (χ2n) is 12.1. The molecule has 0 aliphatic carbocycles. The van der Waals surface area contributed by atoms with Crippen LogP contribution in [-0.2, 0) is 0 Å². The van der Waals surface area contributed by atoms with Crippen molar-refractivity contribution in [1.82, 2.24) is 0 Å². The molecule has 0 nitrogen and oxygen atoms in total. The molecule has 0 fully saturated rings. The molecule has 0 heteroatoms. The van der Waals surface area contributed by atoms with Crippen molar-refractivity contribution in [3.63, 3.8) is 0 Å². The van der Waals surface area contributed by atoms with Crippen molar-refractivity contribution in [2.45, 2.75) is 0 Å². The summed E-state index contributed by atoms with van der Waals surface area (Å²) in [5.74, 6) is 0. The van der Waals surface area contributed by atoms with E-state index in [1.165, 1.54) is 87.6 Å². The number of hydrogen-bond donors (Lipinski definition) is 0. The smallest absolute Gasteiger partial charge is 0.00262 e. The first kappa shape index (κ1) is 26.4. The third-order valence-electron chi connectivity index (χ3n) is 9.42. The van der Waals surface area contributed by atoms with E-state index in [9.17, 15) is 0 Å². The fourth-order valence-electron chi connectivity index (χ4n) is 7.27. The van der Waals surface area contributed by atoms with E-state index in [1.54, 1.807) is 0 Å². The van der Waals surface area contributed by atoms with Gasteiger partial charge in [-0.05, 0) is 106 Å². The van der Waals surface area contributed by atoms with E-state index in [0.717, 1.165) is 0 Å². The van der Waals surface area contributed by atoms with Gasteiger partial charge in [-0.2, -0.15) is 0 Å². The first-order valence-electron chi connectivity index (χ1n) is 15.9. The van der Waals surface area contributed by atoms with Gasteiger partial charge in [0.1, 0.15) is 0 Å². The van der Waals surface area contributed by atoms with E-state index in [4.69, 9.17) is 0 Å². The molecule has 9 aromatic carbocycles. The first-order chi connectivity index (χ1) is 22.8. The van der Waals surface area contributed by atoms with Gasteiger partial charge in [0.15, 0.2) is 0 Å². The summed E-state index contributed by atoms with van der Waals surface area (Å²) in [7, 11) is 0. The molecule has 9 rings (SSSR count). The molecule has 0 N–H and O–H groups in total. The molecule has 0 aromatic heterocycles. The van der Waals surface area contributed by atoms with E-state index >= 15 is 0 Å². The maximum Gasteiger partial charge on any atom is -0.00262 e. The van der Waals surface area contributed by atoms with E-state index in [2.05, 4.69) is 182 Å². The molecule has 0 saturated carbocycles. The average Bonchev–Trinajstić information content (AvgIpc) is 3.13. The predicted octanol–water partition coefficient (Wildman–Crippen LogP) is 13.0. The SMILES string of the molecule is c1ccc(-c2ccccc2-c2ccc3ccc(-c4c5ccccc5c(-c5ccc6ccccc6c5)c5ccccc45)cc3c2)cc1. The van der Waals surface area contributed by atoms with E-state index < -0.39 is 0 Å². The molecule has 0 aliphatic heterocycles. The van der Waals surface area contributed by atoms with Gasteiger partial charge in [0.2, 0.25) is 0 Å². The Morgan fingerprint density at radius 1 is 0.217 bits per heavy atom. The van der Waals surface area contributed by atoms with Crippen molar-refractivity contribution in [2.75, 3.05) is 0 Å². The highest BCUT2D eigenvalue weighted by molar-refractivity contribution is 6.22. The molecule has 0 bridgehead atoms. The lowest BCUT2D eigenvalue weighted by atomic mass is 9.85. The fourth-order valence-corrected chi connectivity index (χ4v) is 7.27. The topological polar surface area (TPSA) is 0 Å². The molecule has 214 valence electrons. The van der Waals surface area contributed by atoms with Crippen LogP contribution in [-0.4, -0.2) is 0 Å². The summed E-state index contributed by atoms with van der Waals surface area (Å²) in [6, 6.07) is 66.5. The average molecular weight is 583 g/mol. The maximum atomic E-state index is 2.38. The molecule has 0 spiro atoms. The molecule has 0 amide bonds. The van der Waals surface area contributed by atoms with E-state index in [0.29, 0.717) is 0 Å². The molecule has 0 unspecified atom stereocenters. The lowest BCUT2D eigenvalue weighted by Gasteiger charge is -2.18. The highest BCUT2D eigenvalue weighted by atomic mass is 14.2. The summed E-state index contributed by atoms with van der Waals surface area (Å²) < 4.78 is 0. The van der Waals surface area contributed by atoms with Crippen molar-refractivity contribution in [3.05, 3.63) is 182 Å². The van der Waals surface area contributed by atoms with Gasteiger partial charge < -0.3 is 0 Å². The summed E-state index contributed by atoms with van der Waals surface area (Å²) in [5, 5.41) is 10.1. The van der Waals surface area contributed by atoms with Crippen molar-refractivity contribution in [1.29, 1.82) is 0 Å².